The minimum atomic E-state index is -0.196. The second kappa shape index (κ2) is 10.0. The molecule has 0 amide bonds. The molecule has 0 aliphatic heterocycles. The molecule has 1 aromatic carbocycles. The van der Waals surface area contributed by atoms with Crippen molar-refractivity contribution in [1.29, 1.82) is 0 Å². The van der Waals surface area contributed by atoms with Crippen molar-refractivity contribution in [3.8, 4) is 0 Å². The van der Waals surface area contributed by atoms with Crippen LogP contribution in [0.25, 0.3) is 0 Å². The van der Waals surface area contributed by atoms with Gasteiger partial charge >= 0.3 is 5.97 Å². The summed E-state index contributed by atoms with van der Waals surface area (Å²) < 4.78 is 5.19. The summed E-state index contributed by atoms with van der Waals surface area (Å²) in [5.74, 6) is -0.218. The average Bonchev–Trinajstić information content (AvgIpc) is 2.55. The van der Waals surface area contributed by atoms with E-state index in [0.717, 1.165) is 11.1 Å². The van der Waals surface area contributed by atoms with Gasteiger partial charge in [0.2, 0.25) is 0 Å². The molecular weight excluding hydrogens is 302 g/mol. The van der Waals surface area contributed by atoms with Gasteiger partial charge in [0.25, 0.3) is 0 Å². The molecule has 0 atom stereocenters. The maximum Gasteiger partial charge on any atom is 0.308 e. The number of Topliss-reactive ketones (excluding diaryl/α,β-unsaturated/α-hetero) is 1. The number of nitrogens with one attached hydrogen (secondary N) is 1. The van der Waals surface area contributed by atoms with E-state index < -0.39 is 0 Å². The number of carbonyl (C=O) groups excluding carboxylic acids is 2. The normalized spacial score (nSPS) is 10.9. The van der Waals surface area contributed by atoms with Gasteiger partial charge in [0.15, 0.2) is 5.78 Å². The third-order valence-electron chi connectivity index (χ3n) is 3.63. The Balaban J connectivity index is 2.40. The van der Waals surface area contributed by atoms with Gasteiger partial charge in [-0.25, -0.2) is 0 Å². The maximum atomic E-state index is 12.0. The molecule has 0 heterocycles. The molecule has 1 N–H and O–H groups in total. The van der Waals surface area contributed by atoms with Gasteiger partial charge in [-0.05, 0) is 17.5 Å². The van der Waals surface area contributed by atoms with Crippen molar-refractivity contribution in [2.75, 3.05) is 6.54 Å². The molecule has 4 nitrogen and oxygen atoms in total. The number of hydrogen-bond donors (Lipinski definition) is 1. The van der Waals surface area contributed by atoms with Crippen molar-refractivity contribution in [3.05, 3.63) is 47.5 Å². The summed E-state index contributed by atoms with van der Waals surface area (Å²) in [7, 11) is 0. The molecular formula is C20H29NO3. The number of ketones is 1. The van der Waals surface area contributed by atoms with Crippen molar-refractivity contribution in [3.63, 3.8) is 0 Å². The molecule has 0 aliphatic rings. The monoisotopic (exact) mass is 331 g/mol. The number of hydrogen-bond acceptors (Lipinski definition) is 4. The molecule has 0 aliphatic carbocycles. The van der Waals surface area contributed by atoms with Crippen LogP contribution in [0.4, 0.5) is 0 Å². The van der Waals surface area contributed by atoms with Gasteiger partial charge in [0, 0.05) is 24.6 Å². The molecule has 1 aromatic rings. The zero-order chi connectivity index (χ0) is 18.1. The van der Waals surface area contributed by atoms with Crippen LogP contribution in [0.1, 0.15) is 45.2 Å². The Morgan fingerprint density at radius 2 is 1.67 bits per heavy atom. The van der Waals surface area contributed by atoms with Crippen molar-refractivity contribution in [1.82, 2.24) is 5.32 Å². The lowest BCUT2D eigenvalue weighted by Crippen LogP contribution is -2.27. The van der Waals surface area contributed by atoms with Gasteiger partial charge in [-0.15, -0.1) is 0 Å². The van der Waals surface area contributed by atoms with E-state index in [2.05, 4.69) is 11.9 Å². The van der Waals surface area contributed by atoms with Crippen LogP contribution in [0.3, 0.4) is 0 Å². The summed E-state index contributed by atoms with van der Waals surface area (Å²) in [5.41, 5.74) is 2.66. The van der Waals surface area contributed by atoms with E-state index in [1.54, 1.807) is 0 Å². The fourth-order valence-corrected chi connectivity index (χ4v) is 1.98. The lowest BCUT2D eigenvalue weighted by atomic mass is 10.0. The van der Waals surface area contributed by atoms with Crippen LogP contribution in [0.2, 0.25) is 0 Å². The first kappa shape index (κ1) is 20.1. The van der Waals surface area contributed by atoms with Gasteiger partial charge in [-0.3, -0.25) is 9.59 Å². The van der Waals surface area contributed by atoms with Crippen LogP contribution in [-0.2, 0) is 27.4 Å². The number of aryl methyl sites for hydroxylation is 1. The van der Waals surface area contributed by atoms with Crippen LogP contribution >= 0.6 is 0 Å². The van der Waals surface area contributed by atoms with Gasteiger partial charge in [0.1, 0.15) is 6.61 Å². The highest BCUT2D eigenvalue weighted by molar-refractivity contribution is 5.95. The Hall–Kier alpha value is -1.94. The Labute approximate surface area is 145 Å². The van der Waals surface area contributed by atoms with Crippen LogP contribution in [0.15, 0.2) is 36.4 Å². The van der Waals surface area contributed by atoms with Gasteiger partial charge in [-0.1, -0.05) is 58.5 Å². The second-order valence-corrected chi connectivity index (χ2v) is 6.64. The smallest absolute Gasteiger partial charge is 0.308 e. The molecule has 0 unspecified atom stereocenters. The first-order valence-corrected chi connectivity index (χ1v) is 8.48. The summed E-state index contributed by atoms with van der Waals surface area (Å²) in [6.07, 6.45) is 1.14. The van der Waals surface area contributed by atoms with E-state index in [4.69, 9.17) is 4.74 Å². The summed E-state index contributed by atoms with van der Waals surface area (Å²) in [5, 5.41) is 3.20. The molecule has 1 rings (SSSR count). The summed E-state index contributed by atoms with van der Waals surface area (Å²) in [4.78, 5) is 23.5. The zero-order valence-electron chi connectivity index (χ0n) is 15.2. The van der Waals surface area contributed by atoms with Gasteiger partial charge in [0.05, 0.1) is 5.92 Å². The van der Waals surface area contributed by atoms with Crippen LogP contribution in [0.5, 0.6) is 0 Å². The molecule has 0 bridgehead atoms. The third kappa shape index (κ3) is 7.55. The standard InChI is InChI=1S/C20H29NO3/c1-14(2)20(23)24-13-18-8-6-17(7-9-18)10-11-19(22)16(5)12-21-15(3)4/h6-9,14-15,21H,5,10-13H2,1-4H3. The lowest BCUT2D eigenvalue weighted by molar-refractivity contribution is -0.148. The maximum absolute atomic E-state index is 12.0. The molecule has 0 fully saturated rings. The highest BCUT2D eigenvalue weighted by Gasteiger charge is 2.09. The largest absolute Gasteiger partial charge is 0.461 e. The number of carbonyl (C=O) groups is 2. The molecule has 0 saturated heterocycles. The van der Waals surface area contributed by atoms with Crippen molar-refractivity contribution >= 4 is 11.8 Å². The molecule has 0 saturated carbocycles. The van der Waals surface area contributed by atoms with E-state index >= 15 is 0 Å². The van der Waals surface area contributed by atoms with Gasteiger partial charge in [-0.2, -0.15) is 0 Å². The minimum absolute atomic E-state index is 0.0955. The summed E-state index contributed by atoms with van der Waals surface area (Å²) in [6, 6.07) is 8.15. The van der Waals surface area contributed by atoms with Gasteiger partial charge < -0.3 is 10.1 Å². The molecule has 24 heavy (non-hydrogen) atoms. The van der Waals surface area contributed by atoms with Crippen molar-refractivity contribution in [2.45, 2.75) is 53.2 Å². The fraction of sp³-hybridized carbons (Fsp3) is 0.500. The number of esters is 1. The molecule has 0 radical (unpaired) electrons. The predicted octanol–water partition coefficient (Wildman–Crippen LogP) is 3.44. The molecule has 4 heteroatoms. The van der Waals surface area contributed by atoms with E-state index in [9.17, 15) is 9.59 Å². The summed E-state index contributed by atoms with van der Waals surface area (Å²) >= 11 is 0. The third-order valence-corrected chi connectivity index (χ3v) is 3.63. The molecule has 0 aromatic heterocycles. The van der Waals surface area contributed by atoms with E-state index in [1.165, 1.54) is 0 Å². The quantitative estimate of drug-likeness (QED) is 0.527. The van der Waals surface area contributed by atoms with Crippen LogP contribution in [0, 0.1) is 5.92 Å². The van der Waals surface area contributed by atoms with E-state index in [0.29, 0.717) is 31.0 Å². The first-order valence-electron chi connectivity index (χ1n) is 8.48. The Morgan fingerprint density at radius 3 is 2.21 bits per heavy atom. The Kier molecular flexibility index (Phi) is 8.41. The number of benzene rings is 1. The van der Waals surface area contributed by atoms with Crippen LogP contribution in [-0.4, -0.2) is 24.3 Å². The fourth-order valence-electron chi connectivity index (χ4n) is 1.98. The topological polar surface area (TPSA) is 55.4 Å². The highest BCUT2D eigenvalue weighted by atomic mass is 16.5. The SMILES string of the molecule is C=C(CNC(C)C)C(=O)CCc1ccc(COC(=O)C(C)C)cc1. The average molecular weight is 331 g/mol. The lowest BCUT2D eigenvalue weighted by Gasteiger charge is -2.10. The Morgan fingerprint density at radius 1 is 1.08 bits per heavy atom. The van der Waals surface area contributed by atoms with Crippen molar-refractivity contribution in [2.24, 2.45) is 5.92 Å². The highest BCUT2D eigenvalue weighted by Crippen LogP contribution is 2.10. The predicted molar refractivity (Wildman–Crippen MR) is 96.7 cm³/mol. The van der Waals surface area contributed by atoms with E-state index in [1.807, 2.05) is 52.0 Å². The second-order valence-electron chi connectivity index (χ2n) is 6.64. The first-order chi connectivity index (χ1) is 11.3. The number of rotatable bonds is 10. The molecule has 0 spiro atoms. The summed E-state index contributed by atoms with van der Waals surface area (Å²) in [6.45, 7) is 12.4. The Bertz CT molecular complexity index is 559. The number of ether oxygens (including phenoxy) is 1. The molecule has 132 valence electrons. The zero-order valence-corrected chi connectivity index (χ0v) is 15.2. The van der Waals surface area contributed by atoms with E-state index in [-0.39, 0.29) is 24.3 Å². The van der Waals surface area contributed by atoms with Crippen LogP contribution < -0.4 is 5.32 Å². The van der Waals surface area contributed by atoms with Crippen molar-refractivity contribution < 1.29 is 14.3 Å². The minimum Gasteiger partial charge on any atom is -0.461 e.